The molecule has 2 N–H and O–H groups in total. The number of hydrogen-bond donors (Lipinski definition) is 1. The Morgan fingerprint density at radius 3 is 2.25 bits per heavy atom. The zero-order chi connectivity index (χ0) is 12.4. The van der Waals surface area contributed by atoms with Crippen molar-refractivity contribution in [2.75, 3.05) is 20.1 Å². The van der Waals surface area contributed by atoms with E-state index in [9.17, 15) is 4.79 Å². The molecule has 0 spiro atoms. The molecule has 0 aliphatic heterocycles. The number of amides is 1. The molecule has 0 radical (unpaired) electrons. The third-order valence-electron chi connectivity index (χ3n) is 3.53. The lowest BCUT2D eigenvalue weighted by molar-refractivity contribution is -0.134. The molecular weight excluding hydrogens is 200 g/mol. The molecule has 1 saturated carbocycles. The maximum absolute atomic E-state index is 12.0. The average molecular weight is 226 g/mol. The molecule has 1 fully saturated rings. The van der Waals surface area contributed by atoms with E-state index in [0.717, 1.165) is 6.54 Å². The van der Waals surface area contributed by atoms with Gasteiger partial charge < -0.3 is 10.6 Å². The molecular formula is C13H26N2O. The zero-order valence-electron chi connectivity index (χ0n) is 11.2. The molecule has 0 aromatic heterocycles. The van der Waals surface area contributed by atoms with Gasteiger partial charge in [0.2, 0.25) is 5.91 Å². The Morgan fingerprint density at radius 1 is 1.38 bits per heavy atom. The van der Waals surface area contributed by atoms with Crippen molar-refractivity contribution in [3.63, 3.8) is 0 Å². The molecule has 3 heteroatoms. The van der Waals surface area contributed by atoms with Gasteiger partial charge in [-0.15, -0.1) is 0 Å². The smallest absolute Gasteiger partial charge is 0.222 e. The Bertz CT molecular complexity index is 246. The molecule has 1 aliphatic carbocycles. The normalized spacial score (nSPS) is 19.1. The molecule has 1 amide bonds. The van der Waals surface area contributed by atoms with Crippen LogP contribution < -0.4 is 5.73 Å². The predicted molar refractivity (Wildman–Crippen MR) is 67.0 cm³/mol. The highest BCUT2D eigenvalue weighted by Crippen LogP contribution is 2.40. The van der Waals surface area contributed by atoms with E-state index in [1.54, 1.807) is 0 Å². The van der Waals surface area contributed by atoms with Gasteiger partial charge in [-0.05, 0) is 24.8 Å². The molecule has 3 nitrogen and oxygen atoms in total. The molecule has 0 heterocycles. The van der Waals surface area contributed by atoms with Crippen LogP contribution in [0.25, 0.3) is 0 Å². The van der Waals surface area contributed by atoms with Crippen molar-refractivity contribution in [3.05, 3.63) is 0 Å². The molecule has 0 aromatic rings. The van der Waals surface area contributed by atoms with E-state index >= 15 is 0 Å². The molecule has 16 heavy (non-hydrogen) atoms. The van der Waals surface area contributed by atoms with Gasteiger partial charge in [-0.3, -0.25) is 4.79 Å². The topological polar surface area (TPSA) is 46.3 Å². The summed E-state index contributed by atoms with van der Waals surface area (Å²) in [5.41, 5.74) is 6.10. The molecule has 0 unspecified atom stereocenters. The van der Waals surface area contributed by atoms with Gasteiger partial charge in [-0.1, -0.05) is 27.2 Å². The lowest BCUT2D eigenvalue weighted by Crippen LogP contribution is -2.48. The van der Waals surface area contributed by atoms with E-state index in [-0.39, 0.29) is 16.7 Å². The van der Waals surface area contributed by atoms with Crippen LogP contribution in [0.2, 0.25) is 0 Å². The third kappa shape index (κ3) is 3.48. The minimum atomic E-state index is 0.0703. The maximum Gasteiger partial charge on any atom is 0.222 e. The van der Waals surface area contributed by atoms with E-state index in [2.05, 4.69) is 20.8 Å². The van der Waals surface area contributed by atoms with Crippen LogP contribution in [0.15, 0.2) is 0 Å². The number of nitrogens with two attached hydrogens (primary N) is 1. The second-order valence-corrected chi connectivity index (χ2v) is 6.54. The summed E-state index contributed by atoms with van der Waals surface area (Å²) in [7, 11) is 1.91. The zero-order valence-corrected chi connectivity index (χ0v) is 11.2. The second kappa shape index (κ2) is 4.74. The van der Waals surface area contributed by atoms with Gasteiger partial charge in [0, 0.05) is 25.4 Å². The van der Waals surface area contributed by atoms with E-state index in [4.69, 9.17) is 5.73 Å². The van der Waals surface area contributed by atoms with Gasteiger partial charge in [0.15, 0.2) is 0 Å². The first-order valence-corrected chi connectivity index (χ1v) is 6.22. The lowest BCUT2D eigenvalue weighted by Gasteiger charge is -2.43. The van der Waals surface area contributed by atoms with Crippen molar-refractivity contribution >= 4 is 5.91 Å². The SMILES string of the molecule is CN(CC1(CN)CCC1)C(=O)CC(C)(C)C. The average Bonchev–Trinajstić information content (AvgIpc) is 2.08. The van der Waals surface area contributed by atoms with Crippen LogP contribution in [0.4, 0.5) is 0 Å². The Kier molecular flexibility index (Phi) is 4.00. The van der Waals surface area contributed by atoms with Crippen LogP contribution in [-0.2, 0) is 4.79 Å². The highest BCUT2D eigenvalue weighted by Gasteiger charge is 2.37. The number of carbonyl (C=O) groups excluding carboxylic acids is 1. The van der Waals surface area contributed by atoms with Gasteiger partial charge in [-0.25, -0.2) is 0 Å². The number of rotatable bonds is 4. The molecule has 94 valence electrons. The summed E-state index contributed by atoms with van der Waals surface area (Å²) < 4.78 is 0. The van der Waals surface area contributed by atoms with Crippen molar-refractivity contribution in [2.45, 2.75) is 46.5 Å². The van der Waals surface area contributed by atoms with Crippen molar-refractivity contribution in [1.29, 1.82) is 0 Å². The van der Waals surface area contributed by atoms with Gasteiger partial charge in [0.05, 0.1) is 0 Å². The maximum atomic E-state index is 12.0. The summed E-state index contributed by atoms with van der Waals surface area (Å²) in [6.07, 6.45) is 4.23. The Labute approximate surface area is 99.4 Å². The number of carbonyl (C=O) groups is 1. The first-order chi connectivity index (χ1) is 7.28. The molecule has 0 atom stereocenters. The number of hydrogen-bond acceptors (Lipinski definition) is 2. The first-order valence-electron chi connectivity index (χ1n) is 6.22. The predicted octanol–water partition coefficient (Wildman–Crippen LogP) is 2.01. The monoisotopic (exact) mass is 226 g/mol. The summed E-state index contributed by atoms with van der Waals surface area (Å²) in [5.74, 6) is 0.243. The summed E-state index contributed by atoms with van der Waals surface area (Å²) >= 11 is 0. The highest BCUT2D eigenvalue weighted by atomic mass is 16.2. The Morgan fingerprint density at radius 2 is 1.94 bits per heavy atom. The highest BCUT2D eigenvalue weighted by molar-refractivity contribution is 5.76. The number of nitrogens with zero attached hydrogens (tertiary/aromatic N) is 1. The summed E-state index contributed by atoms with van der Waals surface area (Å²) in [6, 6.07) is 0. The largest absolute Gasteiger partial charge is 0.345 e. The molecule has 0 saturated heterocycles. The van der Waals surface area contributed by atoms with Crippen molar-refractivity contribution in [1.82, 2.24) is 4.90 Å². The lowest BCUT2D eigenvalue weighted by atomic mass is 9.68. The van der Waals surface area contributed by atoms with Gasteiger partial charge in [-0.2, -0.15) is 0 Å². The first kappa shape index (κ1) is 13.5. The van der Waals surface area contributed by atoms with Crippen LogP contribution in [0, 0.1) is 10.8 Å². The molecule has 0 aromatic carbocycles. The third-order valence-corrected chi connectivity index (χ3v) is 3.53. The second-order valence-electron chi connectivity index (χ2n) is 6.54. The summed E-state index contributed by atoms with van der Waals surface area (Å²) in [5, 5.41) is 0. The van der Waals surface area contributed by atoms with Crippen molar-refractivity contribution < 1.29 is 4.79 Å². The van der Waals surface area contributed by atoms with Crippen molar-refractivity contribution in [3.8, 4) is 0 Å². The summed E-state index contributed by atoms with van der Waals surface area (Å²) in [6.45, 7) is 7.83. The van der Waals surface area contributed by atoms with E-state index in [1.807, 2.05) is 11.9 Å². The van der Waals surface area contributed by atoms with Gasteiger partial charge in [0.1, 0.15) is 0 Å². The van der Waals surface area contributed by atoms with Crippen LogP contribution in [-0.4, -0.2) is 30.9 Å². The van der Waals surface area contributed by atoms with Crippen molar-refractivity contribution in [2.24, 2.45) is 16.6 Å². The van der Waals surface area contributed by atoms with Gasteiger partial charge in [0.25, 0.3) is 0 Å². The fourth-order valence-electron chi connectivity index (χ4n) is 2.28. The van der Waals surface area contributed by atoms with E-state index in [0.29, 0.717) is 13.0 Å². The molecule has 1 aliphatic rings. The van der Waals surface area contributed by atoms with E-state index < -0.39 is 0 Å². The summed E-state index contributed by atoms with van der Waals surface area (Å²) in [4.78, 5) is 13.8. The van der Waals surface area contributed by atoms with Gasteiger partial charge >= 0.3 is 0 Å². The van der Waals surface area contributed by atoms with E-state index in [1.165, 1.54) is 19.3 Å². The Balaban J connectivity index is 2.45. The van der Waals surface area contributed by atoms with Crippen LogP contribution >= 0.6 is 0 Å². The standard InChI is InChI=1S/C13H26N2O/c1-12(2,3)8-11(16)15(4)10-13(9-14)6-5-7-13/h5-10,14H2,1-4H3. The van der Waals surface area contributed by atoms with Crippen LogP contribution in [0.5, 0.6) is 0 Å². The Hall–Kier alpha value is -0.570. The molecule has 0 bridgehead atoms. The van der Waals surface area contributed by atoms with Crippen LogP contribution in [0.1, 0.15) is 46.5 Å². The quantitative estimate of drug-likeness (QED) is 0.797. The minimum absolute atomic E-state index is 0.0703. The fraction of sp³-hybridized carbons (Fsp3) is 0.923. The molecule has 1 rings (SSSR count). The minimum Gasteiger partial charge on any atom is -0.345 e. The van der Waals surface area contributed by atoms with Crippen LogP contribution in [0.3, 0.4) is 0 Å². The fourth-order valence-corrected chi connectivity index (χ4v) is 2.28.